The summed E-state index contributed by atoms with van der Waals surface area (Å²) in [5.41, 5.74) is 0.147. The van der Waals surface area contributed by atoms with Crippen LogP contribution < -0.4 is 5.32 Å². The number of piperidine rings is 1. The average molecular weight is 339 g/mol. The number of rotatable bonds is 8. The van der Waals surface area contributed by atoms with Gasteiger partial charge in [0.05, 0.1) is 6.61 Å². The number of nitrogens with zero attached hydrogens (tertiary/aromatic N) is 3. The molecule has 1 saturated heterocycles. The molecule has 5 heteroatoms. The first-order valence-corrected chi connectivity index (χ1v) is 9.67. The van der Waals surface area contributed by atoms with E-state index in [2.05, 4.69) is 47.9 Å². The molecule has 0 radical (unpaired) electrons. The summed E-state index contributed by atoms with van der Waals surface area (Å²) in [4.78, 5) is 9.23. The smallest absolute Gasteiger partial charge is 0.193 e. The van der Waals surface area contributed by atoms with Crippen molar-refractivity contribution in [2.75, 3.05) is 53.5 Å². The van der Waals surface area contributed by atoms with E-state index in [4.69, 9.17) is 4.74 Å². The lowest BCUT2D eigenvalue weighted by Crippen LogP contribution is -2.56. The summed E-state index contributed by atoms with van der Waals surface area (Å²) in [5.74, 6) is 2.60. The fourth-order valence-electron chi connectivity index (χ4n) is 3.37. The Morgan fingerprint density at radius 1 is 1.33 bits per heavy atom. The van der Waals surface area contributed by atoms with Gasteiger partial charge in [-0.2, -0.15) is 0 Å². The predicted molar refractivity (Wildman–Crippen MR) is 102 cm³/mol. The Balaban J connectivity index is 1.72. The van der Waals surface area contributed by atoms with E-state index in [1.54, 1.807) is 0 Å². The van der Waals surface area contributed by atoms with Gasteiger partial charge in [-0.1, -0.05) is 6.92 Å². The van der Waals surface area contributed by atoms with Crippen LogP contribution in [0.2, 0.25) is 0 Å². The zero-order chi connectivity index (χ0) is 17.6. The number of aliphatic imine (C=N–C) groups is 1. The summed E-state index contributed by atoms with van der Waals surface area (Å²) in [6.07, 6.45) is 5.38. The van der Waals surface area contributed by atoms with E-state index in [0.717, 1.165) is 44.1 Å². The summed E-state index contributed by atoms with van der Waals surface area (Å²) in [7, 11) is 3.95. The molecule has 24 heavy (non-hydrogen) atoms. The highest BCUT2D eigenvalue weighted by Gasteiger charge is 2.30. The number of hydrogen-bond acceptors (Lipinski definition) is 3. The van der Waals surface area contributed by atoms with Gasteiger partial charge in [0.15, 0.2) is 5.96 Å². The number of ether oxygens (including phenoxy) is 1. The number of hydrogen-bond donors (Lipinski definition) is 1. The molecular weight excluding hydrogens is 300 g/mol. The maximum Gasteiger partial charge on any atom is 0.193 e. The van der Waals surface area contributed by atoms with Crippen molar-refractivity contribution in [3.05, 3.63) is 0 Å². The van der Waals surface area contributed by atoms with Crippen LogP contribution >= 0.6 is 0 Å². The molecule has 5 nitrogen and oxygen atoms in total. The molecule has 2 rings (SSSR count). The largest absolute Gasteiger partial charge is 0.379 e. The first kappa shape index (κ1) is 19.5. The van der Waals surface area contributed by atoms with Crippen LogP contribution in [0.4, 0.5) is 0 Å². The Morgan fingerprint density at radius 3 is 2.71 bits per heavy atom. The third-order valence-electron chi connectivity index (χ3n) is 5.39. The lowest BCUT2D eigenvalue weighted by atomic mass is 9.93. The van der Waals surface area contributed by atoms with Gasteiger partial charge in [-0.3, -0.25) is 9.89 Å². The molecule has 0 aromatic carbocycles. The lowest BCUT2D eigenvalue weighted by Gasteiger charge is -2.43. The van der Waals surface area contributed by atoms with Gasteiger partial charge in [0.2, 0.25) is 0 Å². The zero-order valence-electron chi connectivity index (χ0n) is 16.5. The zero-order valence-corrected chi connectivity index (χ0v) is 16.5. The SMILES string of the molecule is CN=C(NCC(C)(C)N1CCCC(C)C1)N(C)CCOCC1CC1. The Labute approximate surface area is 148 Å². The molecule has 2 aliphatic rings. The van der Waals surface area contributed by atoms with Crippen molar-refractivity contribution in [3.63, 3.8) is 0 Å². The van der Waals surface area contributed by atoms with E-state index in [-0.39, 0.29) is 5.54 Å². The van der Waals surface area contributed by atoms with Crippen LogP contribution in [-0.2, 0) is 4.74 Å². The number of likely N-dealkylation sites (N-methyl/N-ethyl adjacent to an activating group) is 1. The van der Waals surface area contributed by atoms with Crippen molar-refractivity contribution in [2.24, 2.45) is 16.8 Å². The average Bonchev–Trinajstić information content (AvgIpc) is 3.36. The van der Waals surface area contributed by atoms with Crippen LogP contribution in [0, 0.1) is 11.8 Å². The lowest BCUT2D eigenvalue weighted by molar-refractivity contribution is 0.0732. The van der Waals surface area contributed by atoms with E-state index in [1.807, 2.05) is 7.05 Å². The molecule has 1 aliphatic carbocycles. The van der Waals surface area contributed by atoms with Crippen molar-refractivity contribution >= 4 is 5.96 Å². The number of guanidine groups is 1. The Bertz CT molecular complexity index is 406. The second kappa shape index (κ2) is 9.04. The van der Waals surface area contributed by atoms with E-state index in [9.17, 15) is 0 Å². The van der Waals surface area contributed by atoms with Gasteiger partial charge < -0.3 is 15.0 Å². The summed E-state index contributed by atoms with van der Waals surface area (Å²) in [6.45, 7) is 13.0. The topological polar surface area (TPSA) is 40.1 Å². The molecule has 1 atom stereocenters. The van der Waals surface area contributed by atoms with Crippen LogP contribution in [0.15, 0.2) is 4.99 Å². The van der Waals surface area contributed by atoms with Crippen LogP contribution in [0.5, 0.6) is 0 Å². The van der Waals surface area contributed by atoms with E-state index in [1.165, 1.54) is 38.8 Å². The summed E-state index contributed by atoms with van der Waals surface area (Å²) < 4.78 is 5.74. The fraction of sp³-hybridized carbons (Fsp3) is 0.947. The molecule has 2 fully saturated rings. The molecule has 0 spiro atoms. The van der Waals surface area contributed by atoms with Crippen LogP contribution in [-0.4, -0.2) is 74.8 Å². The number of likely N-dealkylation sites (tertiary alicyclic amines) is 1. The molecule has 1 aliphatic heterocycles. The van der Waals surface area contributed by atoms with Crippen LogP contribution in [0.25, 0.3) is 0 Å². The highest BCUT2D eigenvalue weighted by Crippen LogP contribution is 2.28. The molecule has 1 heterocycles. The van der Waals surface area contributed by atoms with Crippen molar-refractivity contribution < 1.29 is 4.74 Å². The van der Waals surface area contributed by atoms with Gasteiger partial charge >= 0.3 is 0 Å². The van der Waals surface area contributed by atoms with Crippen molar-refractivity contribution in [1.82, 2.24) is 15.1 Å². The van der Waals surface area contributed by atoms with Crippen LogP contribution in [0.1, 0.15) is 46.5 Å². The molecule has 1 N–H and O–H groups in total. The quantitative estimate of drug-likeness (QED) is 0.419. The second-order valence-electron chi connectivity index (χ2n) is 8.35. The minimum atomic E-state index is 0.147. The Morgan fingerprint density at radius 2 is 2.08 bits per heavy atom. The van der Waals surface area contributed by atoms with Gasteiger partial charge in [-0.15, -0.1) is 0 Å². The molecule has 0 aromatic rings. The van der Waals surface area contributed by atoms with Gasteiger partial charge in [0.25, 0.3) is 0 Å². The first-order valence-electron chi connectivity index (χ1n) is 9.67. The van der Waals surface area contributed by atoms with Crippen molar-refractivity contribution in [3.8, 4) is 0 Å². The predicted octanol–water partition coefficient (Wildman–Crippen LogP) is 2.43. The van der Waals surface area contributed by atoms with Crippen molar-refractivity contribution in [2.45, 2.75) is 52.0 Å². The maximum atomic E-state index is 5.74. The third-order valence-corrected chi connectivity index (χ3v) is 5.39. The molecule has 0 amide bonds. The molecule has 0 bridgehead atoms. The fourth-order valence-corrected chi connectivity index (χ4v) is 3.37. The summed E-state index contributed by atoms with van der Waals surface area (Å²) in [6, 6.07) is 0. The van der Waals surface area contributed by atoms with Gasteiger partial charge in [-0.25, -0.2) is 0 Å². The second-order valence-corrected chi connectivity index (χ2v) is 8.35. The molecular formula is C19H38N4O. The summed E-state index contributed by atoms with van der Waals surface area (Å²) in [5, 5.41) is 3.56. The molecule has 0 aromatic heterocycles. The Hall–Kier alpha value is -0.810. The molecule has 1 unspecified atom stereocenters. The van der Waals surface area contributed by atoms with Gasteiger partial charge in [0, 0.05) is 45.9 Å². The minimum Gasteiger partial charge on any atom is -0.379 e. The van der Waals surface area contributed by atoms with Crippen molar-refractivity contribution in [1.29, 1.82) is 0 Å². The van der Waals surface area contributed by atoms with E-state index < -0.39 is 0 Å². The minimum absolute atomic E-state index is 0.147. The summed E-state index contributed by atoms with van der Waals surface area (Å²) >= 11 is 0. The molecule has 1 saturated carbocycles. The van der Waals surface area contributed by atoms with Crippen LogP contribution in [0.3, 0.4) is 0 Å². The first-order chi connectivity index (χ1) is 11.4. The highest BCUT2D eigenvalue weighted by molar-refractivity contribution is 5.79. The highest BCUT2D eigenvalue weighted by atomic mass is 16.5. The normalized spacial score (nSPS) is 23.4. The Kier molecular flexibility index (Phi) is 7.35. The number of nitrogens with one attached hydrogen (secondary N) is 1. The maximum absolute atomic E-state index is 5.74. The van der Waals surface area contributed by atoms with E-state index >= 15 is 0 Å². The monoisotopic (exact) mass is 338 g/mol. The standard InChI is InChI=1S/C19H38N4O/c1-16-7-6-10-23(13-16)19(2,3)15-21-18(20-4)22(5)11-12-24-14-17-8-9-17/h16-17H,6-15H2,1-5H3,(H,20,21). The van der Waals surface area contributed by atoms with E-state index in [0.29, 0.717) is 0 Å². The third kappa shape index (κ3) is 6.25. The molecule has 140 valence electrons. The van der Waals surface area contributed by atoms with Gasteiger partial charge in [0.1, 0.15) is 0 Å². The van der Waals surface area contributed by atoms with Gasteiger partial charge in [-0.05, 0) is 57.9 Å².